The lowest BCUT2D eigenvalue weighted by Gasteiger charge is -2.21. The highest BCUT2D eigenvalue weighted by atomic mass is 32.2. The maximum Gasteiger partial charge on any atom is 0.337 e. The summed E-state index contributed by atoms with van der Waals surface area (Å²) in [5.41, 5.74) is 1.25. The first kappa shape index (κ1) is 12.4. The van der Waals surface area contributed by atoms with Gasteiger partial charge < -0.3 is 5.11 Å². The van der Waals surface area contributed by atoms with Crippen LogP contribution in [0.5, 0.6) is 0 Å². The minimum absolute atomic E-state index is 0.274. The van der Waals surface area contributed by atoms with Crippen LogP contribution in [0.3, 0.4) is 0 Å². The molecule has 1 aliphatic carbocycles. The van der Waals surface area contributed by atoms with Gasteiger partial charge in [0.05, 0.1) is 10.6 Å². The van der Waals surface area contributed by atoms with Crippen molar-refractivity contribution in [1.82, 2.24) is 4.98 Å². The number of carboxylic acids is 1. The molecule has 0 amide bonds. The lowest BCUT2D eigenvalue weighted by Crippen LogP contribution is -2.09. The maximum absolute atomic E-state index is 10.8. The maximum atomic E-state index is 10.8. The van der Waals surface area contributed by atoms with Crippen molar-refractivity contribution in [2.24, 2.45) is 0 Å². The number of hydrogen-bond acceptors (Lipinski definition) is 3. The molecule has 0 atom stereocenters. The van der Waals surface area contributed by atoms with Gasteiger partial charge in [-0.1, -0.05) is 19.3 Å². The summed E-state index contributed by atoms with van der Waals surface area (Å²) < 4.78 is 0. The SMILES string of the molecule is Cc1cc(C(=O)O)cnc1SC1CCCCC1. The van der Waals surface area contributed by atoms with Crippen molar-refractivity contribution in [1.29, 1.82) is 0 Å². The average Bonchev–Trinajstić information content (AvgIpc) is 2.33. The summed E-state index contributed by atoms with van der Waals surface area (Å²) >= 11 is 1.81. The Morgan fingerprint density at radius 3 is 2.71 bits per heavy atom. The second kappa shape index (κ2) is 5.54. The highest BCUT2D eigenvalue weighted by Gasteiger charge is 2.17. The van der Waals surface area contributed by atoms with E-state index in [4.69, 9.17) is 5.11 Å². The predicted molar refractivity (Wildman–Crippen MR) is 68.7 cm³/mol. The van der Waals surface area contributed by atoms with E-state index >= 15 is 0 Å². The number of carboxylic acid groups (broad SMARTS) is 1. The fraction of sp³-hybridized carbons (Fsp3) is 0.538. The second-order valence-electron chi connectivity index (χ2n) is 4.53. The molecule has 4 heteroatoms. The smallest absolute Gasteiger partial charge is 0.337 e. The molecule has 3 nitrogen and oxygen atoms in total. The van der Waals surface area contributed by atoms with Crippen LogP contribution in [-0.2, 0) is 0 Å². The van der Waals surface area contributed by atoms with E-state index in [-0.39, 0.29) is 5.56 Å². The van der Waals surface area contributed by atoms with E-state index in [1.807, 2.05) is 18.7 Å². The van der Waals surface area contributed by atoms with Crippen LogP contribution in [0.4, 0.5) is 0 Å². The van der Waals surface area contributed by atoms with Crippen LogP contribution in [0.2, 0.25) is 0 Å². The molecule has 0 aliphatic heterocycles. The molecule has 0 aromatic carbocycles. The van der Waals surface area contributed by atoms with Crippen molar-refractivity contribution in [3.8, 4) is 0 Å². The molecule has 0 saturated heterocycles. The highest BCUT2D eigenvalue weighted by Crippen LogP contribution is 2.34. The van der Waals surface area contributed by atoms with Crippen LogP contribution in [0, 0.1) is 6.92 Å². The normalized spacial score (nSPS) is 17.0. The summed E-state index contributed by atoms with van der Waals surface area (Å²) in [6, 6.07) is 1.71. The number of aromatic nitrogens is 1. The number of aromatic carboxylic acids is 1. The number of nitrogens with zero attached hydrogens (tertiary/aromatic N) is 1. The Morgan fingerprint density at radius 2 is 2.12 bits per heavy atom. The monoisotopic (exact) mass is 251 g/mol. The van der Waals surface area contributed by atoms with E-state index < -0.39 is 5.97 Å². The van der Waals surface area contributed by atoms with Gasteiger partial charge in [-0.2, -0.15) is 0 Å². The van der Waals surface area contributed by atoms with Crippen LogP contribution >= 0.6 is 11.8 Å². The minimum Gasteiger partial charge on any atom is -0.478 e. The molecular weight excluding hydrogens is 234 g/mol. The van der Waals surface area contributed by atoms with Crippen molar-refractivity contribution in [2.45, 2.75) is 49.3 Å². The summed E-state index contributed by atoms with van der Waals surface area (Å²) in [5.74, 6) is -0.908. The van der Waals surface area contributed by atoms with Gasteiger partial charge in [-0.05, 0) is 31.4 Å². The third kappa shape index (κ3) is 3.22. The second-order valence-corrected chi connectivity index (χ2v) is 5.82. The number of hydrogen-bond donors (Lipinski definition) is 1. The molecule has 0 unspecified atom stereocenters. The van der Waals surface area contributed by atoms with Crippen LogP contribution < -0.4 is 0 Å². The molecule has 1 aromatic rings. The van der Waals surface area contributed by atoms with Crippen molar-refractivity contribution in [3.63, 3.8) is 0 Å². The zero-order valence-corrected chi connectivity index (χ0v) is 10.8. The van der Waals surface area contributed by atoms with Gasteiger partial charge in [0.1, 0.15) is 0 Å². The highest BCUT2D eigenvalue weighted by molar-refractivity contribution is 7.99. The van der Waals surface area contributed by atoms with Crippen molar-refractivity contribution < 1.29 is 9.90 Å². The molecule has 0 spiro atoms. The third-order valence-corrected chi connectivity index (χ3v) is 4.56. The molecule has 1 N–H and O–H groups in total. The molecular formula is C13H17NO2S. The van der Waals surface area contributed by atoms with E-state index in [1.165, 1.54) is 38.3 Å². The Labute approximate surface area is 106 Å². The fourth-order valence-corrected chi connectivity index (χ4v) is 3.39. The predicted octanol–water partition coefficient (Wildman–Crippen LogP) is 3.51. The zero-order valence-electron chi connectivity index (χ0n) is 9.98. The van der Waals surface area contributed by atoms with Crippen LogP contribution in [0.1, 0.15) is 48.0 Å². The van der Waals surface area contributed by atoms with E-state index in [0.717, 1.165) is 10.6 Å². The molecule has 1 fully saturated rings. The Hall–Kier alpha value is -1.03. The quantitative estimate of drug-likeness (QED) is 0.893. The Morgan fingerprint density at radius 1 is 1.41 bits per heavy atom. The standard InChI is InChI=1S/C13H17NO2S/c1-9-7-10(13(15)16)8-14-12(9)17-11-5-3-2-4-6-11/h7-8,11H,2-6H2,1H3,(H,15,16). The van der Waals surface area contributed by atoms with Gasteiger partial charge in [0.2, 0.25) is 0 Å². The molecule has 1 saturated carbocycles. The van der Waals surface area contributed by atoms with Crippen LogP contribution in [-0.4, -0.2) is 21.3 Å². The molecule has 0 bridgehead atoms. The lowest BCUT2D eigenvalue weighted by molar-refractivity contribution is 0.0696. The summed E-state index contributed by atoms with van der Waals surface area (Å²) in [7, 11) is 0. The van der Waals surface area contributed by atoms with Gasteiger partial charge in [0.15, 0.2) is 0 Å². The van der Waals surface area contributed by atoms with Gasteiger partial charge in [-0.25, -0.2) is 9.78 Å². The Bertz CT molecular complexity index is 414. The van der Waals surface area contributed by atoms with Gasteiger partial charge in [0.25, 0.3) is 0 Å². The molecule has 2 rings (SSSR count). The van der Waals surface area contributed by atoms with E-state index in [2.05, 4.69) is 4.98 Å². The van der Waals surface area contributed by atoms with Crippen molar-refractivity contribution in [2.75, 3.05) is 0 Å². The molecule has 1 heterocycles. The molecule has 17 heavy (non-hydrogen) atoms. The van der Waals surface area contributed by atoms with E-state index in [1.54, 1.807) is 6.07 Å². The summed E-state index contributed by atoms with van der Waals surface area (Å²) in [4.78, 5) is 15.1. The Balaban J connectivity index is 2.08. The largest absolute Gasteiger partial charge is 0.478 e. The minimum atomic E-state index is -0.908. The van der Waals surface area contributed by atoms with Gasteiger partial charge in [-0.15, -0.1) is 11.8 Å². The van der Waals surface area contributed by atoms with Crippen molar-refractivity contribution >= 4 is 17.7 Å². The first-order valence-electron chi connectivity index (χ1n) is 6.03. The number of aryl methyl sites for hydroxylation is 1. The van der Waals surface area contributed by atoms with Gasteiger partial charge in [-0.3, -0.25) is 0 Å². The zero-order chi connectivity index (χ0) is 12.3. The molecule has 0 radical (unpaired) electrons. The topological polar surface area (TPSA) is 50.2 Å². The molecule has 1 aromatic heterocycles. The number of pyridine rings is 1. The number of rotatable bonds is 3. The lowest BCUT2D eigenvalue weighted by atomic mass is 10.0. The first-order valence-corrected chi connectivity index (χ1v) is 6.91. The van der Waals surface area contributed by atoms with Crippen LogP contribution in [0.25, 0.3) is 0 Å². The van der Waals surface area contributed by atoms with Crippen molar-refractivity contribution in [3.05, 3.63) is 23.4 Å². The Kier molecular flexibility index (Phi) is 4.05. The first-order chi connectivity index (χ1) is 8.16. The average molecular weight is 251 g/mol. The summed E-state index contributed by atoms with van der Waals surface area (Å²) in [6.07, 6.45) is 7.94. The van der Waals surface area contributed by atoms with Gasteiger partial charge in [0, 0.05) is 11.4 Å². The van der Waals surface area contributed by atoms with Gasteiger partial charge >= 0.3 is 5.97 Å². The summed E-state index contributed by atoms with van der Waals surface area (Å²) in [6.45, 7) is 1.94. The molecule has 92 valence electrons. The van der Waals surface area contributed by atoms with E-state index in [0.29, 0.717) is 5.25 Å². The summed E-state index contributed by atoms with van der Waals surface area (Å²) in [5, 5.41) is 10.5. The number of carbonyl (C=O) groups is 1. The fourth-order valence-electron chi connectivity index (χ4n) is 2.14. The number of thioether (sulfide) groups is 1. The molecule has 1 aliphatic rings. The van der Waals surface area contributed by atoms with Crippen LogP contribution in [0.15, 0.2) is 17.3 Å². The third-order valence-electron chi connectivity index (χ3n) is 3.11. The van der Waals surface area contributed by atoms with E-state index in [9.17, 15) is 4.79 Å².